The number of amides is 1. The summed E-state index contributed by atoms with van der Waals surface area (Å²) in [6.45, 7) is 0. The van der Waals surface area contributed by atoms with E-state index in [0.717, 1.165) is 3.57 Å². The van der Waals surface area contributed by atoms with Crippen LogP contribution in [0.25, 0.3) is 0 Å². The molecule has 0 radical (unpaired) electrons. The van der Waals surface area contributed by atoms with Crippen molar-refractivity contribution in [3.8, 4) is 0 Å². The van der Waals surface area contributed by atoms with Gasteiger partial charge in [0.15, 0.2) is 0 Å². The number of carbonyl (C=O) groups is 2. The molecule has 0 fully saturated rings. The van der Waals surface area contributed by atoms with Crippen LogP contribution in [0, 0.1) is 3.57 Å². The maximum atomic E-state index is 11.9. The van der Waals surface area contributed by atoms with Gasteiger partial charge >= 0.3 is 5.97 Å². The third kappa shape index (κ3) is 4.76. The van der Waals surface area contributed by atoms with Crippen molar-refractivity contribution in [2.75, 3.05) is 0 Å². The lowest BCUT2D eigenvalue weighted by molar-refractivity contribution is -0.140. The molecular weight excluding hydrogens is 387 g/mol. The van der Waals surface area contributed by atoms with Crippen molar-refractivity contribution in [3.63, 3.8) is 0 Å². The van der Waals surface area contributed by atoms with Crippen LogP contribution in [0.1, 0.15) is 6.42 Å². The van der Waals surface area contributed by atoms with Gasteiger partial charge in [-0.3, -0.25) is 9.59 Å². The van der Waals surface area contributed by atoms with E-state index in [4.69, 9.17) is 10.8 Å². The molecule has 1 amide bonds. The number of benzene rings is 1. The highest BCUT2D eigenvalue weighted by molar-refractivity contribution is 14.1. The summed E-state index contributed by atoms with van der Waals surface area (Å²) in [5, 5.41) is 8.84. The normalized spacial score (nSPS) is 12.9. The molecule has 1 rings (SSSR count). The van der Waals surface area contributed by atoms with Crippen LogP contribution in [-0.4, -0.2) is 31.4 Å². The van der Waals surface area contributed by atoms with E-state index < -0.39 is 34.4 Å². The zero-order valence-electron chi connectivity index (χ0n) is 9.54. The van der Waals surface area contributed by atoms with E-state index in [1.807, 2.05) is 27.3 Å². The minimum Gasteiger partial charge on any atom is -0.480 e. The third-order valence-electron chi connectivity index (χ3n) is 2.12. The van der Waals surface area contributed by atoms with Crippen LogP contribution >= 0.6 is 22.6 Å². The number of carbonyl (C=O) groups excluding carboxylic acids is 1. The lowest BCUT2D eigenvalue weighted by Crippen LogP contribution is -2.43. The predicted molar refractivity (Wildman–Crippen MR) is 74.7 cm³/mol. The standard InChI is InChI=1S/C10H11IN2O5S/c11-6-1-3-7(4-2-6)19(17,18)13-8(10(15)16)5-9(12)14/h1-4,8,13H,5H2,(H2,12,14)(H,15,16). The number of rotatable bonds is 6. The average molecular weight is 398 g/mol. The molecule has 0 aliphatic heterocycles. The lowest BCUT2D eigenvalue weighted by Gasteiger charge is -2.13. The fourth-order valence-corrected chi connectivity index (χ4v) is 2.80. The molecular formula is C10H11IN2O5S. The summed E-state index contributed by atoms with van der Waals surface area (Å²) < 4.78 is 26.6. The Bertz CT molecular complexity index is 584. The molecule has 0 saturated heterocycles. The number of hydrogen-bond donors (Lipinski definition) is 3. The zero-order chi connectivity index (χ0) is 14.6. The highest BCUT2D eigenvalue weighted by Crippen LogP contribution is 2.12. The number of primary amides is 1. The molecule has 0 saturated carbocycles. The molecule has 19 heavy (non-hydrogen) atoms. The summed E-state index contributed by atoms with van der Waals surface area (Å²) >= 11 is 2.01. The fourth-order valence-electron chi connectivity index (χ4n) is 1.25. The van der Waals surface area contributed by atoms with Crippen molar-refractivity contribution in [1.29, 1.82) is 0 Å². The predicted octanol–water partition coefficient (Wildman–Crippen LogP) is -0.102. The van der Waals surface area contributed by atoms with E-state index in [1.54, 1.807) is 12.1 Å². The second-order valence-electron chi connectivity index (χ2n) is 3.64. The fraction of sp³-hybridized carbons (Fsp3) is 0.200. The molecule has 1 aromatic carbocycles. The summed E-state index contributed by atoms with van der Waals surface area (Å²) in [6, 6.07) is 4.24. The van der Waals surface area contributed by atoms with Crippen LogP contribution in [-0.2, 0) is 19.6 Å². The monoisotopic (exact) mass is 398 g/mol. The van der Waals surface area contributed by atoms with Gasteiger partial charge in [-0.2, -0.15) is 4.72 Å². The molecule has 9 heteroatoms. The number of hydrogen-bond acceptors (Lipinski definition) is 4. The van der Waals surface area contributed by atoms with E-state index in [2.05, 4.69) is 0 Å². The number of halogens is 1. The summed E-state index contributed by atoms with van der Waals surface area (Å²) in [5.74, 6) is -2.37. The second kappa shape index (κ2) is 6.30. The molecule has 0 bridgehead atoms. The minimum atomic E-state index is -4.01. The molecule has 0 aliphatic carbocycles. The van der Waals surface area contributed by atoms with Crippen LogP contribution in [0.4, 0.5) is 0 Å². The molecule has 7 nitrogen and oxygen atoms in total. The summed E-state index contributed by atoms with van der Waals surface area (Å²) in [6.07, 6.45) is -0.612. The summed E-state index contributed by atoms with van der Waals surface area (Å²) in [5.41, 5.74) is 4.87. The van der Waals surface area contributed by atoms with E-state index in [0.29, 0.717) is 0 Å². The Kier molecular flexibility index (Phi) is 5.26. The lowest BCUT2D eigenvalue weighted by atomic mass is 10.2. The zero-order valence-corrected chi connectivity index (χ0v) is 12.5. The van der Waals surface area contributed by atoms with Gasteiger partial charge in [0, 0.05) is 3.57 Å². The van der Waals surface area contributed by atoms with Crippen LogP contribution < -0.4 is 10.5 Å². The molecule has 0 aromatic heterocycles. The van der Waals surface area contributed by atoms with Crippen molar-refractivity contribution < 1.29 is 23.1 Å². The first-order valence-electron chi connectivity index (χ1n) is 5.01. The first kappa shape index (κ1) is 15.9. The van der Waals surface area contributed by atoms with Crippen molar-refractivity contribution in [2.24, 2.45) is 5.73 Å². The van der Waals surface area contributed by atoms with E-state index in [-0.39, 0.29) is 4.90 Å². The van der Waals surface area contributed by atoms with Gasteiger partial charge in [0.1, 0.15) is 6.04 Å². The van der Waals surface area contributed by atoms with Gasteiger partial charge in [-0.25, -0.2) is 8.42 Å². The molecule has 1 unspecified atom stereocenters. The Hall–Kier alpha value is -1.20. The highest BCUT2D eigenvalue weighted by atomic mass is 127. The smallest absolute Gasteiger partial charge is 0.322 e. The summed E-state index contributed by atoms with van der Waals surface area (Å²) in [7, 11) is -4.01. The quantitative estimate of drug-likeness (QED) is 0.577. The molecule has 104 valence electrons. The molecule has 4 N–H and O–H groups in total. The van der Waals surface area contributed by atoms with Gasteiger partial charge in [-0.1, -0.05) is 0 Å². The number of aliphatic carboxylic acids is 1. The Balaban J connectivity index is 2.97. The highest BCUT2D eigenvalue weighted by Gasteiger charge is 2.26. The van der Waals surface area contributed by atoms with Crippen LogP contribution in [0.3, 0.4) is 0 Å². The van der Waals surface area contributed by atoms with Crippen molar-refractivity contribution >= 4 is 44.5 Å². The number of carboxylic acids is 1. The number of nitrogens with one attached hydrogen (secondary N) is 1. The summed E-state index contributed by atoms with van der Waals surface area (Å²) in [4.78, 5) is 21.5. The third-order valence-corrected chi connectivity index (χ3v) is 4.33. The van der Waals surface area contributed by atoms with E-state index in [1.165, 1.54) is 12.1 Å². The maximum absolute atomic E-state index is 11.9. The molecule has 0 aliphatic rings. The van der Waals surface area contributed by atoms with Gasteiger partial charge in [-0.05, 0) is 46.9 Å². The molecule has 0 heterocycles. The van der Waals surface area contributed by atoms with Crippen LogP contribution in [0.2, 0.25) is 0 Å². The van der Waals surface area contributed by atoms with E-state index in [9.17, 15) is 18.0 Å². The Morgan fingerprint density at radius 1 is 1.32 bits per heavy atom. The number of carboxylic acid groups (broad SMARTS) is 1. The Labute approximate surface area is 123 Å². The SMILES string of the molecule is NC(=O)CC(NS(=O)(=O)c1ccc(I)cc1)C(=O)O. The topological polar surface area (TPSA) is 127 Å². The van der Waals surface area contributed by atoms with E-state index >= 15 is 0 Å². The Morgan fingerprint density at radius 3 is 2.26 bits per heavy atom. The molecule has 1 atom stereocenters. The minimum absolute atomic E-state index is 0.0800. The van der Waals surface area contributed by atoms with Crippen molar-refractivity contribution in [2.45, 2.75) is 17.4 Å². The average Bonchev–Trinajstić information content (AvgIpc) is 2.27. The van der Waals surface area contributed by atoms with Gasteiger partial charge in [0.05, 0.1) is 11.3 Å². The van der Waals surface area contributed by atoms with Gasteiger partial charge in [0.25, 0.3) is 0 Å². The second-order valence-corrected chi connectivity index (χ2v) is 6.60. The van der Waals surface area contributed by atoms with Crippen LogP contribution in [0.5, 0.6) is 0 Å². The molecule has 1 aromatic rings. The first-order chi connectivity index (χ1) is 8.72. The van der Waals surface area contributed by atoms with Gasteiger partial charge in [-0.15, -0.1) is 0 Å². The number of sulfonamides is 1. The van der Waals surface area contributed by atoms with Crippen molar-refractivity contribution in [3.05, 3.63) is 27.8 Å². The van der Waals surface area contributed by atoms with Gasteiger partial charge in [0.2, 0.25) is 15.9 Å². The largest absolute Gasteiger partial charge is 0.480 e. The maximum Gasteiger partial charge on any atom is 0.322 e. The van der Waals surface area contributed by atoms with Crippen LogP contribution in [0.15, 0.2) is 29.2 Å². The number of nitrogens with two attached hydrogens (primary N) is 1. The van der Waals surface area contributed by atoms with Gasteiger partial charge < -0.3 is 10.8 Å². The Morgan fingerprint density at radius 2 is 1.84 bits per heavy atom. The molecule has 0 spiro atoms. The van der Waals surface area contributed by atoms with Crippen molar-refractivity contribution in [1.82, 2.24) is 4.72 Å². The first-order valence-corrected chi connectivity index (χ1v) is 7.57.